The summed E-state index contributed by atoms with van der Waals surface area (Å²) >= 11 is 0. The first-order valence-electron chi connectivity index (χ1n) is 5.38. The molecule has 0 radical (unpaired) electrons. The average Bonchev–Trinajstić information content (AvgIpc) is 2.13. The Morgan fingerprint density at radius 2 is 1.72 bits per heavy atom. The highest BCUT2D eigenvalue weighted by molar-refractivity contribution is 5.93. The van der Waals surface area contributed by atoms with Crippen LogP contribution in [0.4, 0.5) is 18.9 Å². The lowest BCUT2D eigenvalue weighted by atomic mass is 10.1. The number of hydrogen-bond donors (Lipinski definition) is 2. The highest BCUT2D eigenvalue weighted by Gasteiger charge is 2.33. The maximum absolute atomic E-state index is 12.7. The quantitative estimate of drug-likeness (QED) is 0.601. The first-order chi connectivity index (χ1) is 8.09. The third-order valence-corrected chi connectivity index (χ3v) is 1.95. The molecule has 0 heterocycles. The Kier molecular flexibility index (Phi) is 3.88. The lowest BCUT2D eigenvalue weighted by molar-refractivity contribution is -0.136. The summed E-state index contributed by atoms with van der Waals surface area (Å²) in [4.78, 5) is 4.04. The van der Waals surface area contributed by atoms with Gasteiger partial charge in [0.2, 0.25) is 0 Å². The summed E-state index contributed by atoms with van der Waals surface area (Å²) in [6.07, 6.45) is -4.42. The highest BCUT2D eigenvalue weighted by atomic mass is 19.4. The zero-order valence-electron chi connectivity index (χ0n) is 10.5. The molecule has 100 valence electrons. The van der Waals surface area contributed by atoms with E-state index in [9.17, 15) is 13.2 Å². The van der Waals surface area contributed by atoms with E-state index in [1.54, 1.807) is 20.8 Å². The van der Waals surface area contributed by atoms with Crippen molar-refractivity contribution in [1.29, 1.82) is 0 Å². The van der Waals surface area contributed by atoms with E-state index in [-0.39, 0.29) is 11.6 Å². The number of benzene rings is 1. The number of alkyl halides is 3. The number of nitrogens with zero attached hydrogens (tertiary/aromatic N) is 1. The Labute approximate surface area is 104 Å². The maximum Gasteiger partial charge on any atom is 0.418 e. The molecule has 0 aliphatic carbocycles. The van der Waals surface area contributed by atoms with Gasteiger partial charge in [0, 0.05) is 0 Å². The topological polar surface area (TPSA) is 50.4 Å². The summed E-state index contributed by atoms with van der Waals surface area (Å²) in [5.41, 5.74) is 4.25. The molecule has 1 aromatic rings. The number of nitrogens with one attached hydrogen (secondary N) is 1. The SMILES string of the molecule is CC(C)(C)N=C(N)Nc1ccccc1C(F)(F)F. The summed E-state index contributed by atoms with van der Waals surface area (Å²) in [5.74, 6) is -0.0424. The Morgan fingerprint density at radius 1 is 1.17 bits per heavy atom. The van der Waals surface area contributed by atoms with E-state index in [0.717, 1.165) is 6.07 Å². The molecule has 1 aromatic carbocycles. The average molecular weight is 259 g/mol. The van der Waals surface area contributed by atoms with Crippen molar-refractivity contribution in [2.75, 3.05) is 5.32 Å². The number of hydrogen-bond acceptors (Lipinski definition) is 1. The molecule has 1 rings (SSSR count). The number of rotatable bonds is 1. The minimum atomic E-state index is -4.42. The third-order valence-electron chi connectivity index (χ3n) is 1.95. The van der Waals surface area contributed by atoms with Crippen LogP contribution in [-0.2, 0) is 6.18 Å². The van der Waals surface area contributed by atoms with Crippen molar-refractivity contribution in [1.82, 2.24) is 0 Å². The molecule has 0 aromatic heterocycles. The number of halogens is 3. The van der Waals surface area contributed by atoms with Crippen LogP contribution in [0.25, 0.3) is 0 Å². The second-order valence-corrected chi connectivity index (χ2v) is 4.84. The van der Waals surface area contributed by atoms with E-state index in [2.05, 4.69) is 10.3 Å². The second kappa shape index (κ2) is 4.88. The number of guanidine groups is 1. The molecule has 3 nitrogen and oxygen atoms in total. The Hall–Kier alpha value is -1.72. The van der Waals surface area contributed by atoms with E-state index in [1.165, 1.54) is 18.2 Å². The zero-order valence-corrected chi connectivity index (χ0v) is 10.5. The Bertz CT molecular complexity index is 445. The van der Waals surface area contributed by atoms with Gasteiger partial charge in [-0.15, -0.1) is 0 Å². The zero-order chi connectivity index (χ0) is 14.0. The van der Waals surface area contributed by atoms with Gasteiger partial charge < -0.3 is 11.1 Å². The van der Waals surface area contributed by atoms with Gasteiger partial charge in [-0.2, -0.15) is 13.2 Å². The maximum atomic E-state index is 12.7. The largest absolute Gasteiger partial charge is 0.418 e. The van der Waals surface area contributed by atoms with Gasteiger partial charge >= 0.3 is 6.18 Å². The van der Waals surface area contributed by atoms with Crippen LogP contribution in [0, 0.1) is 0 Å². The third kappa shape index (κ3) is 4.27. The molecule has 0 amide bonds. The summed E-state index contributed by atoms with van der Waals surface area (Å²) in [6.45, 7) is 5.41. The molecule has 0 aliphatic rings. The number of para-hydroxylation sites is 1. The van der Waals surface area contributed by atoms with Crippen molar-refractivity contribution >= 4 is 11.6 Å². The van der Waals surface area contributed by atoms with Crippen molar-refractivity contribution < 1.29 is 13.2 Å². The van der Waals surface area contributed by atoms with Gasteiger partial charge in [-0.3, -0.25) is 0 Å². The summed E-state index contributed by atoms with van der Waals surface area (Å²) < 4.78 is 38.1. The lowest BCUT2D eigenvalue weighted by Gasteiger charge is -2.17. The molecule has 0 aliphatic heterocycles. The summed E-state index contributed by atoms with van der Waals surface area (Å²) in [5, 5.41) is 2.48. The van der Waals surface area contributed by atoms with Crippen LogP contribution in [0.1, 0.15) is 26.3 Å². The van der Waals surface area contributed by atoms with Gasteiger partial charge in [-0.1, -0.05) is 12.1 Å². The molecule has 0 bridgehead atoms. The summed E-state index contributed by atoms with van der Waals surface area (Å²) in [6, 6.07) is 5.13. The standard InChI is InChI=1S/C12H16F3N3/c1-11(2,3)18-10(16)17-9-7-5-4-6-8(9)12(13,14)15/h4-7H,1-3H3,(H3,16,17,18). The first kappa shape index (κ1) is 14.3. The van der Waals surface area contributed by atoms with Crippen LogP contribution >= 0.6 is 0 Å². The predicted molar refractivity (Wildman–Crippen MR) is 66.4 cm³/mol. The molecule has 18 heavy (non-hydrogen) atoms. The molecule has 0 spiro atoms. The number of anilines is 1. The Morgan fingerprint density at radius 3 is 2.22 bits per heavy atom. The van der Waals surface area contributed by atoms with Gasteiger partial charge in [-0.05, 0) is 32.9 Å². The monoisotopic (exact) mass is 259 g/mol. The molecule has 0 fully saturated rings. The van der Waals surface area contributed by atoms with E-state index in [4.69, 9.17) is 5.73 Å². The van der Waals surface area contributed by atoms with Gasteiger partial charge in [0.25, 0.3) is 0 Å². The van der Waals surface area contributed by atoms with Gasteiger partial charge in [0.15, 0.2) is 5.96 Å². The van der Waals surface area contributed by atoms with Crippen molar-refractivity contribution in [3.05, 3.63) is 29.8 Å². The van der Waals surface area contributed by atoms with Crippen LogP contribution < -0.4 is 11.1 Å². The van der Waals surface area contributed by atoms with Gasteiger partial charge in [0.1, 0.15) is 0 Å². The van der Waals surface area contributed by atoms with Crippen LogP contribution in [0.15, 0.2) is 29.3 Å². The van der Waals surface area contributed by atoms with Crippen molar-refractivity contribution in [2.24, 2.45) is 10.7 Å². The Balaban J connectivity index is 3.03. The minimum absolute atomic E-state index is 0.0424. The fraction of sp³-hybridized carbons (Fsp3) is 0.417. The second-order valence-electron chi connectivity index (χ2n) is 4.84. The van der Waals surface area contributed by atoms with Crippen molar-refractivity contribution in [2.45, 2.75) is 32.5 Å². The molecule has 0 atom stereocenters. The fourth-order valence-electron chi connectivity index (χ4n) is 1.37. The van der Waals surface area contributed by atoms with Crippen LogP contribution in [0.5, 0.6) is 0 Å². The van der Waals surface area contributed by atoms with Crippen LogP contribution in [0.2, 0.25) is 0 Å². The highest BCUT2D eigenvalue weighted by Crippen LogP contribution is 2.34. The normalized spacial score (nSPS) is 13.6. The molecule has 6 heteroatoms. The lowest BCUT2D eigenvalue weighted by Crippen LogP contribution is -2.28. The molecule has 3 N–H and O–H groups in total. The fourth-order valence-corrected chi connectivity index (χ4v) is 1.37. The van der Waals surface area contributed by atoms with Crippen LogP contribution in [-0.4, -0.2) is 11.5 Å². The van der Waals surface area contributed by atoms with Gasteiger partial charge in [0.05, 0.1) is 16.8 Å². The van der Waals surface area contributed by atoms with E-state index in [1.807, 2.05) is 0 Å². The van der Waals surface area contributed by atoms with E-state index in [0.29, 0.717) is 0 Å². The van der Waals surface area contributed by atoms with E-state index < -0.39 is 17.3 Å². The number of nitrogens with two attached hydrogens (primary N) is 1. The molecule has 0 saturated carbocycles. The van der Waals surface area contributed by atoms with E-state index >= 15 is 0 Å². The summed E-state index contributed by atoms with van der Waals surface area (Å²) in [7, 11) is 0. The van der Waals surface area contributed by atoms with Crippen LogP contribution in [0.3, 0.4) is 0 Å². The van der Waals surface area contributed by atoms with Gasteiger partial charge in [-0.25, -0.2) is 4.99 Å². The smallest absolute Gasteiger partial charge is 0.370 e. The first-order valence-corrected chi connectivity index (χ1v) is 5.38. The molecule has 0 unspecified atom stereocenters. The molecular formula is C12H16F3N3. The minimum Gasteiger partial charge on any atom is -0.370 e. The molecule has 0 saturated heterocycles. The number of aliphatic imine (C=N–C) groups is 1. The predicted octanol–water partition coefficient (Wildman–Crippen LogP) is 3.23. The molecular weight excluding hydrogens is 243 g/mol. The van der Waals surface area contributed by atoms with Crippen molar-refractivity contribution in [3.8, 4) is 0 Å². The van der Waals surface area contributed by atoms with Crippen molar-refractivity contribution in [3.63, 3.8) is 0 Å².